The molecular formula is C15H22N2O. The summed E-state index contributed by atoms with van der Waals surface area (Å²) >= 11 is 0. The molecule has 1 fully saturated rings. The fraction of sp³-hybridized carbons (Fsp3) is 0.600. The standard InChI is InChI=1S/C15H22N2O/c1-11(2)18-15-6-3-5-14-13(15)9-12-10-16-7-4-8-17(12)14/h3,5-6,11-12,16H,4,7-10H2,1-2H3. The summed E-state index contributed by atoms with van der Waals surface area (Å²) in [6.07, 6.45) is 2.59. The number of nitrogens with zero attached hydrogens (tertiary/aromatic N) is 1. The van der Waals surface area contributed by atoms with Crippen molar-refractivity contribution in [3.05, 3.63) is 23.8 Å². The van der Waals surface area contributed by atoms with Crippen LogP contribution in [0.1, 0.15) is 25.8 Å². The monoisotopic (exact) mass is 246 g/mol. The fourth-order valence-electron chi connectivity index (χ4n) is 3.06. The lowest BCUT2D eigenvalue weighted by molar-refractivity contribution is 0.240. The molecule has 2 heterocycles. The Hall–Kier alpha value is -1.22. The predicted octanol–water partition coefficient (Wildman–Crippen LogP) is 2.20. The Kier molecular flexibility index (Phi) is 3.16. The van der Waals surface area contributed by atoms with Crippen LogP contribution in [0.4, 0.5) is 5.69 Å². The van der Waals surface area contributed by atoms with Gasteiger partial charge >= 0.3 is 0 Å². The van der Waals surface area contributed by atoms with E-state index in [4.69, 9.17) is 4.74 Å². The topological polar surface area (TPSA) is 24.5 Å². The van der Waals surface area contributed by atoms with E-state index in [1.54, 1.807) is 0 Å². The van der Waals surface area contributed by atoms with E-state index in [9.17, 15) is 0 Å². The van der Waals surface area contributed by atoms with Gasteiger partial charge in [0.25, 0.3) is 0 Å². The van der Waals surface area contributed by atoms with Gasteiger partial charge in [-0.1, -0.05) is 6.07 Å². The second-order valence-corrected chi connectivity index (χ2v) is 5.53. The number of rotatable bonds is 2. The number of fused-ring (bicyclic) bond motifs is 3. The minimum absolute atomic E-state index is 0.245. The van der Waals surface area contributed by atoms with Crippen molar-refractivity contribution in [2.45, 2.75) is 38.8 Å². The number of hydrogen-bond acceptors (Lipinski definition) is 3. The van der Waals surface area contributed by atoms with Gasteiger partial charge in [0.1, 0.15) is 5.75 Å². The SMILES string of the molecule is CC(C)Oc1cccc2c1CC1CNCCCN21. The lowest BCUT2D eigenvalue weighted by Crippen LogP contribution is -2.36. The molecule has 0 bridgehead atoms. The van der Waals surface area contributed by atoms with Crippen LogP contribution in [0.2, 0.25) is 0 Å². The van der Waals surface area contributed by atoms with Gasteiger partial charge < -0.3 is 15.0 Å². The molecule has 1 N–H and O–H groups in total. The quantitative estimate of drug-likeness (QED) is 0.866. The van der Waals surface area contributed by atoms with Gasteiger partial charge in [-0.05, 0) is 45.4 Å². The molecule has 0 saturated carbocycles. The molecule has 98 valence electrons. The minimum atomic E-state index is 0.245. The maximum absolute atomic E-state index is 5.95. The zero-order chi connectivity index (χ0) is 12.5. The molecule has 18 heavy (non-hydrogen) atoms. The van der Waals surface area contributed by atoms with Gasteiger partial charge in [0, 0.05) is 30.4 Å². The molecule has 1 aromatic carbocycles. The van der Waals surface area contributed by atoms with Crippen molar-refractivity contribution in [3.8, 4) is 5.75 Å². The first-order valence-corrected chi connectivity index (χ1v) is 7.01. The van der Waals surface area contributed by atoms with Gasteiger partial charge in [0.15, 0.2) is 0 Å². The third-order valence-corrected chi connectivity index (χ3v) is 3.79. The maximum atomic E-state index is 5.95. The molecule has 3 rings (SSSR count). The fourth-order valence-corrected chi connectivity index (χ4v) is 3.06. The molecule has 0 aliphatic carbocycles. The molecule has 1 atom stereocenters. The lowest BCUT2D eigenvalue weighted by Gasteiger charge is -2.24. The molecule has 0 aromatic heterocycles. The molecule has 2 aliphatic rings. The Bertz CT molecular complexity index is 431. The van der Waals surface area contributed by atoms with E-state index in [0.717, 1.165) is 31.8 Å². The maximum Gasteiger partial charge on any atom is 0.125 e. The highest BCUT2D eigenvalue weighted by molar-refractivity contribution is 5.64. The van der Waals surface area contributed by atoms with E-state index in [1.807, 2.05) is 0 Å². The number of hydrogen-bond donors (Lipinski definition) is 1. The molecule has 0 radical (unpaired) electrons. The highest BCUT2D eigenvalue weighted by atomic mass is 16.5. The summed E-state index contributed by atoms with van der Waals surface area (Å²) in [5, 5.41) is 3.53. The molecule has 1 saturated heterocycles. The third kappa shape index (κ3) is 2.07. The molecule has 0 amide bonds. The van der Waals surface area contributed by atoms with Gasteiger partial charge in [-0.3, -0.25) is 0 Å². The number of benzene rings is 1. The molecule has 3 heteroatoms. The van der Waals surface area contributed by atoms with Crippen LogP contribution in [0.5, 0.6) is 5.75 Å². The van der Waals surface area contributed by atoms with Crippen LogP contribution in [-0.2, 0) is 6.42 Å². The Morgan fingerprint density at radius 1 is 1.39 bits per heavy atom. The Balaban J connectivity index is 1.92. The number of nitrogens with one attached hydrogen (secondary N) is 1. The van der Waals surface area contributed by atoms with E-state index in [0.29, 0.717) is 6.04 Å². The Morgan fingerprint density at radius 3 is 3.11 bits per heavy atom. The average molecular weight is 246 g/mol. The van der Waals surface area contributed by atoms with Gasteiger partial charge in [-0.2, -0.15) is 0 Å². The summed E-state index contributed by atoms with van der Waals surface area (Å²) in [6.45, 7) is 7.58. The molecule has 1 aromatic rings. The normalized spacial score (nSPS) is 22.6. The zero-order valence-corrected chi connectivity index (χ0v) is 11.3. The molecule has 3 nitrogen and oxygen atoms in total. The number of anilines is 1. The molecular weight excluding hydrogens is 224 g/mol. The van der Waals surface area contributed by atoms with E-state index in [-0.39, 0.29) is 6.10 Å². The van der Waals surface area contributed by atoms with Gasteiger partial charge in [-0.25, -0.2) is 0 Å². The van der Waals surface area contributed by atoms with Crippen molar-refractivity contribution in [1.29, 1.82) is 0 Å². The van der Waals surface area contributed by atoms with Crippen molar-refractivity contribution in [1.82, 2.24) is 5.32 Å². The van der Waals surface area contributed by atoms with E-state index < -0.39 is 0 Å². The molecule has 2 aliphatic heterocycles. The van der Waals surface area contributed by atoms with Crippen LogP contribution in [-0.4, -0.2) is 31.8 Å². The highest BCUT2D eigenvalue weighted by Gasteiger charge is 2.32. The van der Waals surface area contributed by atoms with Crippen molar-refractivity contribution >= 4 is 5.69 Å². The van der Waals surface area contributed by atoms with Crippen LogP contribution in [0.25, 0.3) is 0 Å². The summed E-state index contributed by atoms with van der Waals surface area (Å²) in [5.74, 6) is 1.08. The molecule has 1 unspecified atom stereocenters. The summed E-state index contributed by atoms with van der Waals surface area (Å²) in [4.78, 5) is 2.56. The average Bonchev–Trinajstić information content (AvgIpc) is 2.54. The zero-order valence-electron chi connectivity index (χ0n) is 11.3. The van der Waals surface area contributed by atoms with Crippen LogP contribution < -0.4 is 15.0 Å². The van der Waals surface area contributed by atoms with E-state index >= 15 is 0 Å². The van der Waals surface area contributed by atoms with E-state index in [2.05, 4.69) is 42.3 Å². The Labute approximate surface area is 109 Å². The summed E-state index contributed by atoms with van der Waals surface area (Å²) < 4.78 is 5.95. The van der Waals surface area contributed by atoms with Crippen LogP contribution >= 0.6 is 0 Å². The molecule has 0 spiro atoms. The van der Waals surface area contributed by atoms with Crippen molar-refractivity contribution in [2.75, 3.05) is 24.5 Å². The van der Waals surface area contributed by atoms with Crippen LogP contribution in [0, 0.1) is 0 Å². The van der Waals surface area contributed by atoms with E-state index in [1.165, 1.54) is 17.7 Å². The van der Waals surface area contributed by atoms with Gasteiger partial charge in [0.05, 0.1) is 6.10 Å². The predicted molar refractivity (Wildman–Crippen MR) is 74.5 cm³/mol. The Morgan fingerprint density at radius 2 is 2.28 bits per heavy atom. The largest absolute Gasteiger partial charge is 0.491 e. The first-order valence-electron chi connectivity index (χ1n) is 7.01. The van der Waals surface area contributed by atoms with Crippen LogP contribution in [0.15, 0.2) is 18.2 Å². The lowest BCUT2D eigenvalue weighted by atomic mass is 10.1. The second-order valence-electron chi connectivity index (χ2n) is 5.53. The highest BCUT2D eigenvalue weighted by Crippen LogP contribution is 2.38. The summed E-state index contributed by atoms with van der Waals surface area (Å²) in [7, 11) is 0. The first kappa shape index (κ1) is 11.8. The smallest absolute Gasteiger partial charge is 0.125 e. The summed E-state index contributed by atoms with van der Waals surface area (Å²) in [5.41, 5.74) is 2.79. The first-order chi connectivity index (χ1) is 8.75. The minimum Gasteiger partial charge on any atom is -0.491 e. The van der Waals surface area contributed by atoms with Crippen LogP contribution in [0.3, 0.4) is 0 Å². The van der Waals surface area contributed by atoms with Crippen molar-refractivity contribution in [3.63, 3.8) is 0 Å². The van der Waals surface area contributed by atoms with Gasteiger partial charge in [-0.15, -0.1) is 0 Å². The summed E-state index contributed by atoms with van der Waals surface area (Å²) in [6, 6.07) is 7.09. The van der Waals surface area contributed by atoms with Crippen molar-refractivity contribution in [2.24, 2.45) is 0 Å². The second kappa shape index (κ2) is 4.81. The number of ether oxygens (including phenoxy) is 1. The van der Waals surface area contributed by atoms with Crippen molar-refractivity contribution < 1.29 is 4.74 Å². The van der Waals surface area contributed by atoms with Gasteiger partial charge in [0.2, 0.25) is 0 Å². The third-order valence-electron chi connectivity index (χ3n) is 3.79.